The number of nitrogens with one attached hydrogen (secondary N) is 1. The molecule has 1 saturated heterocycles. The van der Waals surface area contributed by atoms with Gasteiger partial charge in [-0.1, -0.05) is 18.2 Å². The largest absolute Gasteiger partial charge is 0.495 e. The van der Waals surface area contributed by atoms with Crippen molar-refractivity contribution in [3.05, 3.63) is 54.7 Å². The molecule has 168 valence electrons. The summed E-state index contributed by atoms with van der Waals surface area (Å²) in [7, 11) is -6.88. The predicted octanol–water partition coefficient (Wildman–Crippen LogP) is 2.75. The van der Waals surface area contributed by atoms with Gasteiger partial charge in [-0.05, 0) is 44.2 Å². The highest BCUT2D eigenvalue weighted by Gasteiger charge is 2.50. The van der Waals surface area contributed by atoms with Crippen LogP contribution in [0.2, 0.25) is 0 Å². The molecule has 1 fully saturated rings. The Morgan fingerprint density at radius 2 is 1.84 bits per heavy atom. The Kier molecular flexibility index (Phi) is 5.13. The second-order valence-electron chi connectivity index (χ2n) is 8.03. The van der Waals surface area contributed by atoms with Gasteiger partial charge in [-0.2, -0.15) is 0 Å². The van der Waals surface area contributed by atoms with Crippen LogP contribution in [-0.4, -0.2) is 40.6 Å². The molecule has 1 aliphatic heterocycles. The number of anilines is 2. The van der Waals surface area contributed by atoms with Crippen LogP contribution in [0.4, 0.5) is 11.4 Å². The Labute approximate surface area is 186 Å². The number of sulfonamides is 2. The van der Waals surface area contributed by atoms with Gasteiger partial charge in [0.1, 0.15) is 10.6 Å². The minimum absolute atomic E-state index is 0.00208. The zero-order valence-corrected chi connectivity index (χ0v) is 19.2. The van der Waals surface area contributed by atoms with Gasteiger partial charge < -0.3 is 4.74 Å². The first-order valence-corrected chi connectivity index (χ1v) is 12.7. The van der Waals surface area contributed by atoms with Crippen molar-refractivity contribution in [2.75, 3.05) is 21.9 Å². The number of hydrogen-bond donors (Lipinski definition) is 1. The Balaban J connectivity index is 1.82. The van der Waals surface area contributed by atoms with E-state index in [0.717, 1.165) is 11.5 Å². The van der Waals surface area contributed by atoms with Gasteiger partial charge in [0.2, 0.25) is 15.9 Å². The van der Waals surface area contributed by atoms with E-state index >= 15 is 0 Å². The topological polar surface area (TPSA) is 123 Å². The zero-order chi connectivity index (χ0) is 23.3. The maximum atomic E-state index is 13.3. The summed E-state index contributed by atoms with van der Waals surface area (Å²) in [4.78, 5) is 16.7. The second kappa shape index (κ2) is 7.45. The average Bonchev–Trinajstić information content (AvgIpc) is 2.89. The van der Waals surface area contributed by atoms with Gasteiger partial charge in [-0.3, -0.25) is 14.5 Å². The molecule has 0 saturated carbocycles. The summed E-state index contributed by atoms with van der Waals surface area (Å²) < 4.78 is 60.2. The molecule has 0 atom stereocenters. The first-order chi connectivity index (χ1) is 15.0. The van der Waals surface area contributed by atoms with Gasteiger partial charge in [0.25, 0.3) is 10.0 Å². The van der Waals surface area contributed by atoms with Crippen LogP contribution < -0.4 is 13.8 Å². The third kappa shape index (κ3) is 3.67. The number of benzene rings is 2. The monoisotopic (exact) mass is 475 g/mol. The standard InChI is InChI=1S/C21H21N3O6S2/c1-21(2)13-31(26,27)24(20(21)25)15-9-10-17(30-3)18(12-15)32(28,29)23-16-8-4-6-14-7-5-11-22-19(14)16/h4-12,23H,13H2,1-3H3. The maximum absolute atomic E-state index is 13.3. The molecule has 0 aliphatic carbocycles. The third-order valence-corrected chi connectivity index (χ3v) is 8.54. The molecule has 4 rings (SSSR count). The Bertz CT molecular complexity index is 1440. The van der Waals surface area contributed by atoms with Crippen LogP contribution >= 0.6 is 0 Å². The van der Waals surface area contributed by atoms with E-state index < -0.39 is 31.4 Å². The molecule has 1 N–H and O–H groups in total. The number of ether oxygens (including phenoxy) is 1. The Hall–Kier alpha value is -3.18. The summed E-state index contributed by atoms with van der Waals surface area (Å²) in [5.74, 6) is -0.998. The average molecular weight is 476 g/mol. The van der Waals surface area contributed by atoms with Crippen LogP contribution in [0.5, 0.6) is 5.75 Å². The second-order valence-corrected chi connectivity index (χ2v) is 11.5. The lowest BCUT2D eigenvalue weighted by molar-refractivity contribution is -0.123. The van der Waals surface area contributed by atoms with Gasteiger partial charge in [-0.25, -0.2) is 21.1 Å². The van der Waals surface area contributed by atoms with Crippen LogP contribution in [0.1, 0.15) is 13.8 Å². The van der Waals surface area contributed by atoms with E-state index in [9.17, 15) is 21.6 Å². The van der Waals surface area contributed by atoms with Crippen molar-refractivity contribution in [3.8, 4) is 5.75 Å². The summed E-state index contributed by atoms with van der Waals surface area (Å²) in [5.41, 5.74) is -0.489. The number of amides is 1. The van der Waals surface area contributed by atoms with Crippen molar-refractivity contribution in [1.29, 1.82) is 0 Å². The highest BCUT2D eigenvalue weighted by Crippen LogP contribution is 2.38. The molecule has 9 nitrogen and oxygen atoms in total. The molecule has 2 aromatic carbocycles. The summed E-state index contributed by atoms with van der Waals surface area (Å²) >= 11 is 0. The summed E-state index contributed by atoms with van der Waals surface area (Å²) in [6.07, 6.45) is 1.55. The highest BCUT2D eigenvalue weighted by molar-refractivity contribution is 7.94. The number of hydrogen-bond acceptors (Lipinski definition) is 7. The number of carbonyl (C=O) groups is 1. The summed E-state index contributed by atoms with van der Waals surface area (Å²) in [6, 6.07) is 12.4. The van der Waals surface area contributed by atoms with Crippen LogP contribution in [0.25, 0.3) is 10.9 Å². The van der Waals surface area contributed by atoms with Crippen molar-refractivity contribution >= 4 is 48.2 Å². The fourth-order valence-electron chi connectivity index (χ4n) is 3.65. The number of methoxy groups -OCH3 is 1. The minimum Gasteiger partial charge on any atom is -0.495 e. The fraction of sp³-hybridized carbons (Fsp3) is 0.238. The van der Waals surface area contributed by atoms with Gasteiger partial charge in [0.15, 0.2) is 0 Å². The molecule has 1 aliphatic rings. The Morgan fingerprint density at radius 1 is 1.12 bits per heavy atom. The van der Waals surface area contributed by atoms with E-state index in [0.29, 0.717) is 9.82 Å². The highest BCUT2D eigenvalue weighted by atomic mass is 32.2. The number of aromatic nitrogens is 1. The Morgan fingerprint density at radius 3 is 2.50 bits per heavy atom. The molecule has 32 heavy (non-hydrogen) atoms. The predicted molar refractivity (Wildman–Crippen MR) is 121 cm³/mol. The number of rotatable bonds is 5. The molecule has 0 unspecified atom stereocenters. The van der Waals surface area contributed by atoms with E-state index in [1.54, 1.807) is 36.5 Å². The molecular formula is C21H21N3O6S2. The lowest BCUT2D eigenvalue weighted by atomic mass is 9.95. The van der Waals surface area contributed by atoms with Crippen molar-refractivity contribution in [1.82, 2.24) is 4.98 Å². The van der Waals surface area contributed by atoms with E-state index in [4.69, 9.17) is 4.74 Å². The molecule has 1 amide bonds. The maximum Gasteiger partial charge on any atom is 0.265 e. The molecule has 2 heterocycles. The summed E-state index contributed by atoms with van der Waals surface area (Å²) in [5, 5.41) is 0.740. The fourth-order valence-corrected chi connectivity index (χ4v) is 7.00. The molecule has 11 heteroatoms. The van der Waals surface area contributed by atoms with Crippen LogP contribution in [0, 0.1) is 5.41 Å². The van der Waals surface area contributed by atoms with Gasteiger partial charge >= 0.3 is 0 Å². The van der Waals surface area contributed by atoms with E-state index in [-0.39, 0.29) is 27.8 Å². The van der Waals surface area contributed by atoms with E-state index in [2.05, 4.69) is 9.71 Å². The first kappa shape index (κ1) is 22.0. The first-order valence-electron chi connectivity index (χ1n) is 9.58. The van der Waals surface area contributed by atoms with Crippen molar-refractivity contribution in [2.45, 2.75) is 18.7 Å². The minimum atomic E-state index is -4.23. The number of fused-ring (bicyclic) bond motifs is 1. The third-order valence-electron chi connectivity index (χ3n) is 5.13. The molecule has 3 aromatic rings. The van der Waals surface area contributed by atoms with Gasteiger partial charge in [0, 0.05) is 11.6 Å². The normalized spacial score (nSPS) is 17.5. The zero-order valence-electron chi connectivity index (χ0n) is 17.6. The number of nitrogens with zero attached hydrogens (tertiary/aromatic N) is 2. The van der Waals surface area contributed by atoms with Crippen molar-refractivity contribution in [2.24, 2.45) is 5.41 Å². The lowest BCUT2D eigenvalue weighted by Crippen LogP contribution is -2.33. The van der Waals surface area contributed by atoms with E-state index in [1.165, 1.54) is 33.1 Å². The lowest BCUT2D eigenvalue weighted by Gasteiger charge is -2.19. The van der Waals surface area contributed by atoms with Gasteiger partial charge in [-0.15, -0.1) is 0 Å². The quantitative estimate of drug-likeness (QED) is 0.602. The molecule has 0 spiro atoms. The van der Waals surface area contributed by atoms with E-state index in [1.807, 2.05) is 0 Å². The van der Waals surface area contributed by atoms with Crippen LogP contribution in [0.15, 0.2) is 59.6 Å². The smallest absolute Gasteiger partial charge is 0.265 e. The molecule has 1 aromatic heterocycles. The molecule has 0 radical (unpaired) electrons. The van der Waals surface area contributed by atoms with Crippen LogP contribution in [0.3, 0.4) is 0 Å². The SMILES string of the molecule is COc1ccc(N2C(=O)C(C)(C)CS2(=O)=O)cc1S(=O)(=O)Nc1cccc2cccnc12. The van der Waals surface area contributed by atoms with Crippen LogP contribution in [-0.2, 0) is 24.8 Å². The van der Waals surface area contributed by atoms with Crippen molar-refractivity contribution in [3.63, 3.8) is 0 Å². The number of para-hydroxylation sites is 1. The van der Waals surface area contributed by atoms with Crippen molar-refractivity contribution < 1.29 is 26.4 Å². The summed E-state index contributed by atoms with van der Waals surface area (Å²) in [6.45, 7) is 3.06. The molecule has 0 bridgehead atoms. The number of pyridine rings is 1. The van der Waals surface area contributed by atoms with Gasteiger partial charge in [0.05, 0.1) is 35.2 Å². The number of carbonyl (C=O) groups excluding carboxylic acids is 1. The molecular weight excluding hydrogens is 454 g/mol.